The van der Waals surface area contributed by atoms with Gasteiger partial charge in [0.15, 0.2) is 0 Å². The summed E-state index contributed by atoms with van der Waals surface area (Å²) in [4.78, 5) is 0. The quantitative estimate of drug-likeness (QED) is 0.924. The number of benzene rings is 1. The van der Waals surface area contributed by atoms with E-state index in [9.17, 15) is 13.2 Å². The topological polar surface area (TPSA) is 44.5 Å². The van der Waals surface area contributed by atoms with Crippen molar-refractivity contribution in [1.29, 1.82) is 0 Å². The molecule has 1 aliphatic rings. The van der Waals surface area contributed by atoms with Gasteiger partial charge in [-0.05, 0) is 30.9 Å². The molecule has 1 aliphatic heterocycles. The van der Waals surface area contributed by atoms with Gasteiger partial charge in [-0.3, -0.25) is 0 Å². The van der Waals surface area contributed by atoms with Gasteiger partial charge in [-0.1, -0.05) is 6.07 Å². The molecule has 0 aromatic heterocycles. The Morgan fingerprint density at radius 3 is 2.43 bits per heavy atom. The highest BCUT2D eigenvalue weighted by Gasteiger charge is 2.32. The van der Waals surface area contributed by atoms with E-state index >= 15 is 0 Å². The van der Waals surface area contributed by atoms with Crippen LogP contribution in [0.1, 0.15) is 30.0 Å². The maximum Gasteiger partial charge on any atom is 0.416 e. The van der Waals surface area contributed by atoms with Crippen LogP contribution in [0.3, 0.4) is 0 Å². The molecule has 0 aliphatic carbocycles. The molecule has 0 radical (unpaired) electrons. The molecule has 1 fully saturated rings. The summed E-state index contributed by atoms with van der Waals surface area (Å²) >= 11 is 0. The minimum Gasteiger partial charge on any atom is -0.496 e. The zero-order valence-corrected chi connectivity index (χ0v) is 12.5. The van der Waals surface area contributed by atoms with Crippen molar-refractivity contribution in [3.63, 3.8) is 0 Å². The normalized spacial score (nSPS) is 18.0. The molecule has 7 heteroatoms. The molecule has 0 amide bonds. The Bertz CT molecular complexity index is 462. The molecule has 0 bridgehead atoms. The molecule has 1 aromatic rings. The zero-order valence-electron chi connectivity index (χ0n) is 11.7. The van der Waals surface area contributed by atoms with Crippen molar-refractivity contribution in [3.8, 4) is 5.75 Å². The SMILES string of the molecule is COc1cc(C(F)(F)F)ccc1[C@H](N)C1CCOCC1.Cl. The third-order valence-electron chi connectivity index (χ3n) is 3.69. The van der Waals surface area contributed by atoms with Crippen LogP contribution in [0.15, 0.2) is 18.2 Å². The number of rotatable bonds is 3. The fourth-order valence-corrected chi connectivity index (χ4v) is 2.49. The average molecular weight is 326 g/mol. The minimum absolute atomic E-state index is 0. The second-order valence-corrected chi connectivity index (χ2v) is 4.93. The summed E-state index contributed by atoms with van der Waals surface area (Å²) in [5.74, 6) is 0.396. The van der Waals surface area contributed by atoms with E-state index in [0.717, 1.165) is 25.0 Å². The van der Waals surface area contributed by atoms with E-state index in [1.807, 2.05) is 0 Å². The Balaban J connectivity index is 0.00000220. The summed E-state index contributed by atoms with van der Waals surface area (Å²) in [5.41, 5.74) is 6.08. The number of hydrogen-bond donors (Lipinski definition) is 1. The van der Waals surface area contributed by atoms with E-state index in [1.54, 1.807) is 0 Å². The van der Waals surface area contributed by atoms with Crippen LogP contribution >= 0.6 is 12.4 Å². The van der Waals surface area contributed by atoms with Gasteiger partial charge in [0.25, 0.3) is 0 Å². The second-order valence-electron chi connectivity index (χ2n) is 4.93. The van der Waals surface area contributed by atoms with Crippen LogP contribution in [-0.2, 0) is 10.9 Å². The van der Waals surface area contributed by atoms with Gasteiger partial charge in [0.2, 0.25) is 0 Å². The Morgan fingerprint density at radius 1 is 1.29 bits per heavy atom. The smallest absolute Gasteiger partial charge is 0.416 e. The lowest BCUT2D eigenvalue weighted by Gasteiger charge is -2.29. The summed E-state index contributed by atoms with van der Waals surface area (Å²) < 4.78 is 48.4. The van der Waals surface area contributed by atoms with Crippen molar-refractivity contribution in [2.24, 2.45) is 11.7 Å². The molecule has 2 rings (SSSR count). The van der Waals surface area contributed by atoms with E-state index in [0.29, 0.717) is 18.8 Å². The van der Waals surface area contributed by atoms with Crippen molar-refractivity contribution in [2.75, 3.05) is 20.3 Å². The highest BCUT2D eigenvalue weighted by Crippen LogP contribution is 2.37. The van der Waals surface area contributed by atoms with Crippen LogP contribution in [0.5, 0.6) is 5.75 Å². The van der Waals surface area contributed by atoms with Crippen molar-refractivity contribution in [2.45, 2.75) is 25.1 Å². The summed E-state index contributed by atoms with van der Waals surface area (Å²) in [6.07, 6.45) is -2.76. The van der Waals surface area contributed by atoms with Crippen LogP contribution in [0, 0.1) is 5.92 Å². The number of halogens is 4. The Morgan fingerprint density at radius 2 is 1.90 bits per heavy atom. The van der Waals surface area contributed by atoms with Gasteiger partial charge in [-0.15, -0.1) is 12.4 Å². The highest BCUT2D eigenvalue weighted by atomic mass is 35.5. The number of hydrogen-bond acceptors (Lipinski definition) is 3. The van der Waals surface area contributed by atoms with Crippen LogP contribution in [0.4, 0.5) is 13.2 Å². The molecule has 120 valence electrons. The molecule has 2 N–H and O–H groups in total. The molecule has 0 spiro atoms. The fraction of sp³-hybridized carbons (Fsp3) is 0.571. The standard InChI is InChI=1S/C14H18F3NO2.ClH/c1-19-12-8-10(14(15,16)17)2-3-11(12)13(18)9-4-6-20-7-5-9;/h2-3,8-9,13H,4-7,18H2,1H3;1H/t13-;/m1./s1. The van der Waals surface area contributed by atoms with E-state index in [-0.39, 0.29) is 30.1 Å². The molecule has 3 nitrogen and oxygen atoms in total. The average Bonchev–Trinajstić information content (AvgIpc) is 2.45. The molecule has 1 aromatic carbocycles. The maximum absolute atomic E-state index is 12.7. The molecule has 0 unspecified atom stereocenters. The van der Waals surface area contributed by atoms with Crippen molar-refractivity contribution >= 4 is 12.4 Å². The Kier molecular flexibility index (Phi) is 6.31. The van der Waals surface area contributed by atoms with Gasteiger partial charge < -0.3 is 15.2 Å². The van der Waals surface area contributed by atoms with Crippen LogP contribution in [0.2, 0.25) is 0 Å². The first-order valence-corrected chi connectivity index (χ1v) is 6.52. The number of ether oxygens (including phenoxy) is 2. The van der Waals surface area contributed by atoms with Gasteiger partial charge in [-0.2, -0.15) is 13.2 Å². The lowest BCUT2D eigenvalue weighted by Crippen LogP contribution is -2.27. The third-order valence-corrected chi connectivity index (χ3v) is 3.69. The summed E-state index contributed by atoms with van der Waals surface area (Å²) in [7, 11) is 1.36. The molecule has 1 saturated heterocycles. The van der Waals surface area contributed by atoms with E-state index in [4.69, 9.17) is 15.2 Å². The van der Waals surface area contributed by atoms with Crippen LogP contribution in [-0.4, -0.2) is 20.3 Å². The number of methoxy groups -OCH3 is 1. The van der Waals surface area contributed by atoms with Crippen LogP contribution < -0.4 is 10.5 Å². The molecule has 21 heavy (non-hydrogen) atoms. The first kappa shape index (κ1) is 18.1. The predicted octanol–water partition coefficient (Wildman–Crippen LogP) is 3.56. The van der Waals surface area contributed by atoms with Crippen molar-refractivity contribution in [1.82, 2.24) is 0 Å². The molecule has 0 saturated carbocycles. The van der Waals surface area contributed by atoms with Gasteiger partial charge in [0, 0.05) is 24.8 Å². The summed E-state index contributed by atoms with van der Waals surface area (Å²) in [6.45, 7) is 1.28. The first-order valence-electron chi connectivity index (χ1n) is 6.52. The Hall–Kier alpha value is -0.980. The lowest BCUT2D eigenvalue weighted by molar-refractivity contribution is -0.137. The molecule has 1 atom stereocenters. The number of alkyl halides is 3. The summed E-state index contributed by atoms with van der Waals surface area (Å²) in [5, 5.41) is 0. The monoisotopic (exact) mass is 325 g/mol. The summed E-state index contributed by atoms with van der Waals surface area (Å²) in [6, 6.07) is 3.14. The zero-order chi connectivity index (χ0) is 14.8. The van der Waals surface area contributed by atoms with E-state index < -0.39 is 11.7 Å². The lowest BCUT2D eigenvalue weighted by atomic mass is 9.87. The first-order chi connectivity index (χ1) is 9.43. The molecule has 1 heterocycles. The van der Waals surface area contributed by atoms with E-state index in [1.165, 1.54) is 13.2 Å². The van der Waals surface area contributed by atoms with Crippen LogP contribution in [0.25, 0.3) is 0 Å². The van der Waals surface area contributed by atoms with Gasteiger partial charge in [0.1, 0.15) is 5.75 Å². The minimum atomic E-state index is -4.38. The molecular formula is C14H19ClF3NO2. The maximum atomic E-state index is 12.7. The Labute approximate surface area is 128 Å². The fourth-order valence-electron chi connectivity index (χ4n) is 2.49. The van der Waals surface area contributed by atoms with Crippen molar-refractivity contribution in [3.05, 3.63) is 29.3 Å². The van der Waals surface area contributed by atoms with Gasteiger partial charge in [0.05, 0.1) is 12.7 Å². The second kappa shape index (κ2) is 7.33. The van der Waals surface area contributed by atoms with Gasteiger partial charge >= 0.3 is 6.18 Å². The number of nitrogens with two attached hydrogens (primary N) is 1. The highest BCUT2D eigenvalue weighted by molar-refractivity contribution is 5.85. The molecular weight excluding hydrogens is 307 g/mol. The largest absolute Gasteiger partial charge is 0.496 e. The van der Waals surface area contributed by atoms with Crippen molar-refractivity contribution < 1.29 is 22.6 Å². The van der Waals surface area contributed by atoms with E-state index in [2.05, 4.69) is 0 Å². The predicted molar refractivity (Wildman–Crippen MR) is 75.7 cm³/mol. The third kappa shape index (κ3) is 4.25. The van der Waals surface area contributed by atoms with Gasteiger partial charge in [-0.25, -0.2) is 0 Å².